The Morgan fingerprint density at radius 1 is 1.27 bits per heavy atom. The number of carbonyl (C=O) groups excluding carboxylic acids is 2. The largest absolute Gasteiger partial charge is 0.388 e. The van der Waals surface area contributed by atoms with Gasteiger partial charge in [-0.3, -0.25) is 9.59 Å². The smallest absolute Gasteiger partial charge is 0.313 e. The highest BCUT2D eigenvalue weighted by molar-refractivity contribution is 6.39. The van der Waals surface area contributed by atoms with Gasteiger partial charge in [-0.15, -0.1) is 0 Å². The Labute approximate surface area is 132 Å². The van der Waals surface area contributed by atoms with Crippen molar-refractivity contribution in [1.29, 1.82) is 0 Å². The van der Waals surface area contributed by atoms with Crippen LogP contribution in [0.25, 0.3) is 0 Å². The Balaban J connectivity index is 2.63. The lowest BCUT2D eigenvalue weighted by atomic mass is 9.89. The fourth-order valence-corrected chi connectivity index (χ4v) is 2.02. The lowest BCUT2D eigenvalue weighted by Crippen LogP contribution is -2.47. The van der Waals surface area contributed by atoms with Crippen LogP contribution in [0.15, 0.2) is 18.2 Å². The molecule has 1 aromatic rings. The Bertz CT molecular complexity index is 553. The summed E-state index contributed by atoms with van der Waals surface area (Å²) in [7, 11) is 0. The lowest BCUT2D eigenvalue weighted by molar-refractivity contribution is -0.137. The topological polar surface area (TPSA) is 78.4 Å². The van der Waals surface area contributed by atoms with Crippen LogP contribution in [0, 0.1) is 19.8 Å². The summed E-state index contributed by atoms with van der Waals surface area (Å²) in [6.07, 6.45) is 0.789. The van der Waals surface area contributed by atoms with Gasteiger partial charge in [0, 0.05) is 12.2 Å². The quantitative estimate of drug-likeness (QED) is 0.729. The van der Waals surface area contributed by atoms with E-state index in [4.69, 9.17) is 0 Å². The monoisotopic (exact) mass is 306 g/mol. The highest BCUT2D eigenvalue weighted by Gasteiger charge is 2.28. The highest BCUT2D eigenvalue weighted by atomic mass is 16.3. The van der Waals surface area contributed by atoms with Crippen LogP contribution < -0.4 is 10.6 Å². The zero-order valence-corrected chi connectivity index (χ0v) is 14.0. The van der Waals surface area contributed by atoms with E-state index in [0.29, 0.717) is 5.69 Å². The molecule has 5 heteroatoms. The zero-order chi connectivity index (χ0) is 16.9. The standard InChI is InChI=1S/C17H26N2O3/c1-6-12(3)17(5,22)10-18-15(20)16(21)19-14-9-7-8-11(2)13(14)4/h7-9,12,22H,6,10H2,1-5H3,(H,18,20)(H,19,21)/t12-,17+/m0/s1. The summed E-state index contributed by atoms with van der Waals surface area (Å²) in [4.78, 5) is 23.8. The van der Waals surface area contributed by atoms with Crippen molar-refractivity contribution in [3.8, 4) is 0 Å². The first kappa shape index (κ1) is 18.2. The average Bonchev–Trinajstić information content (AvgIpc) is 2.48. The Kier molecular flexibility index (Phi) is 6.11. The van der Waals surface area contributed by atoms with Gasteiger partial charge >= 0.3 is 11.8 Å². The van der Waals surface area contributed by atoms with Gasteiger partial charge in [-0.2, -0.15) is 0 Å². The van der Waals surface area contributed by atoms with Gasteiger partial charge in [0.1, 0.15) is 0 Å². The van der Waals surface area contributed by atoms with Crippen LogP contribution in [0.3, 0.4) is 0 Å². The van der Waals surface area contributed by atoms with E-state index in [-0.39, 0.29) is 12.5 Å². The first-order valence-electron chi connectivity index (χ1n) is 7.56. The van der Waals surface area contributed by atoms with Crippen LogP contribution in [0.5, 0.6) is 0 Å². The highest BCUT2D eigenvalue weighted by Crippen LogP contribution is 2.19. The van der Waals surface area contributed by atoms with Gasteiger partial charge < -0.3 is 15.7 Å². The van der Waals surface area contributed by atoms with Crippen molar-refractivity contribution in [2.45, 2.75) is 46.6 Å². The molecule has 0 saturated carbocycles. The third-order valence-corrected chi connectivity index (χ3v) is 4.34. The van der Waals surface area contributed by atoms with E-state index in [1.807, 2.05) is 39.8 Å². The summed E-state index contributed by atoms with van der Waals surface area (Å²) >= 11 is 0. The number of carbonyl (C=O) groups is 2. The third kappa shape index (κ3) is 4.56. The second-order valence-corrected chi connectivity index (χ2v) is 6.05. The number of anilines is 1. The molecule has 5 nitrogen and oxygen atoms in total. The summed E-state index contributed by atoms with van der Waals surface area (Å²) in [5.74, 6) is -1.45. The van der Waals surface area contributed by atoms with Gasteiger partial charge in [-0.1, -0.05) is 32.4 Å². The van der Waals surface area contributed by atoms with Crippen molar-refractivity contribution >= 4 is 17.5 Å². The van der Waals surface area contributed by atoms with Crippen molar-refractivity contribution in [3.05, 3.63) is 29.3 Å². The second kappa shape index (κ2) is 7.40. The minimum atomic E-state index is -1.04. The molecule has 0 spiro atoms. The molecule has 0 saturated heterocycles. The fraction of sp³-hybridized carbons (Fsp3) is 0.529. The fourth-order valence-electron chi connectivity index (χ4n) is 2.02. The average molecular weight is 306 g/mol. The van der Waals surface area contributed by atoms with Crippen LogP contribution in [-0.2, 0) is 9.59 Å². The van der Waals surface area contributed by atoms with Crippen LogP contribution in [0.1, 0.15) is 38.3 Å². The third-order valence-electron chi connectivity index (χ3n) is 4.34. The molecule has 3 N–H and O–H groups in total. The van der Waals surface area contributed by atoms with Gasteiger partial charge in [-0.25, -0.2) is 0 Å². The molecule has 0 aliphatic heterocycles. The Hall–Kier alpha value is -1.88. The molecular formula is C17H26N2O3. The minimum absolute atomic E-state index is 0.0230. The number of nitrogens with one attached hydrogen (secondary N) is 2. The van der Waals surface area contributed by atoms with E-state index in [0.717, 1.165) is 17.5 Å². The van der Waals surface area contributed by atoms with E-state index < -0.39 is 17.4 Å². The second-order valence-electron chi connectivity index (χ2n) is 6.05. The van der Waals surface area contributed by atoms with Crippen molar-refractivity contribution in [2.24, 2.45) is 5.92 Å². The van der Waals surface area contributed by atoms with Gasteiger partial charge in [0.15, 0.2) is 0 Å². The predicted octanol–water partition coefficient (Wildman–Crippen LogP) is 2.16. The van der Waals surface area contributed by atoms with Gasteiger partial charge in [-0.05, 0) is 43.9 Å². The normalized spacial score (nSPS) is 14.8. The molecule has 2 atom stereocenters. The number of amides is 2. The minimum Gasteiger partial charge on any atom is -0.388 e. The van der Waals surface area contributed by atoms with E-state index in [1.54, 1.807) is 13.0 Å². The maximum Gasteiger partial charge on any atom is 0.313 e. The SMILES string of the molecule is CC[C@H](C)[C@](C)(O)CNC(=O)C(=O)Nc1cccc(C)c1C. The van der Waals surface area contributed by atoms with Crippen molar-refractivity contribution in [2.75, 3.05) is 11.9 Å². The summed E-state index contributed by atoms with van der Waals surface area (Å²) < 4.78 is 0. The van der Waals surface area contributed by atoms with Gasteiger partial charge in [0.2, 0.25) is 0 Å². The van der Waals surface area contributed by atoms with Crippen LogP contribution in [0.4, 0.5) is 5.69 Å². The van der Waals surface area contributed by atoms with E-state index in [9.17, 15) is 14.7 Å². The lowest BCUT2D eigenvalue weighted by Gasteiger charge is -2.29. The molecule has 1 rings (SSSR count). The summed E-state index contributed by atoms with van der Waals surface area (Å²) in [5, 5.41) is 15.3. The summed E-state index contributed by atoms with van der Waals surface area (Å²) in [6, 6.07) is 5.51. The van der Waals surface area contributed by atoms with Crippen LogP contribution in [0.2, 0.25) is 0 Å². The number of aryl methyl sites for hydroxylation is 1. The molecule has 1 aromatic carbocycles. The molecule has 0 radical (unpaired) electrons. The van der Waals surface area contributed by atoms with Crippen molar-refractivity contribution in [1.82, 2.24) is 5.32 Å². The summed E-state index contributed by atoms with van der Waals surface area (Å²) in [5.41, 5.74) is 1.55. The maximum atomic E-state index is 11.9. The predicted molar refractivity (Wildman–Crippen MR) is 87.6 cm³/mol. The molecule has 22 heavy (non-hydrogen) atoms. The first-order chi connectivity index (χ1) is 10.2. The van der Waals surface area contributed by atoms with Crippen molar-refractivity contribution < 1.29 is 14.7 Å². The number of aliphatic hydroxyl groups is 1. The molecule has 2 amide bonds. The van der Waals surface area contributed by atoms with Crippen molar-refractivity contribution in [3.63, 3.8) is 0 Å². The van der Waals surface area contributed by atoms with Crippen LogP contribution in [-0.4, -0.2) is 29.1 Å². The molecular weight excluding hydrogens is 280 g/mol. The van der Waals surface area contributed by atoms with E-state index >= 15 is 0 Å². The molecule has 0 aliphatic rings. The summed E-state index contributed by atoms with van der Waals surface area (Å²) in [6.45, 7) is 9.40. The first-order valence-corrected chi connectivity index (χ1v) is 7.56. The van der Waals surface area contributed by atoms with Gasteiger partial charge in [0.25, 0.3) is 0 Å². The molecule has 0 aliphatic carbocycles. The number of hydrogen-bond acceptors (Lipinski definition) is 3. The number of rotatable bonds is 5. The zero-order valence-electron chi connectivity index (χ0n) is 14.0. The molecule has 0 aromatic heterocycles. The van der Waals surface area contributed by atoms with E-state index in [1.165, 1.54) is 0 Å². The maximum absolute atomic E-state index is 11.9. The molecule has 0 fully saturated rings. The van der Waals surface area contributed by atoms with Gasteiger partial charge in [0.05, 0.1) is 5.60 Å². The number of benzene rings is 1. The molecule has 0 unspecified atom stereocenters. The van der Waals surface area contributed by atoms with E-state index in [2.05, 4.69) is 10.6 Å². The Morgan fingerprint density at radius 2 is 1.91 bits per heavy atom. The Morgan fingerprint density at radius 3 is 2.50 bits per heavy atom. The number of hydrogen-bond donors (Lipinski definition) is 3. The van der Waals surface area contributed by atoms with Crippen LogP contribution >= 0.6 is 0 Å². The molecule has 0 bridgehead atoms. The molecule has 122 valence electrons. The molecule has 0 heterocycles.